The van der Waals surface area contributed by atoms with E-state index in [4.69, 9.17) is 21.3 Å². The minimum Gasteiger partial charge on any atom is -0.491 e. The summed E-state index contributed by atoms with van der Waals surface area (Å²) in [5.41, 5.74) is 3.68. The molecule has 43 heavy (non-hydrogen) atoms. The van der Waals surface area contributed by atoms with Crippen LogP contribution in [0.2, 0.25) is 5.02 Å². The molecule has 0 fully saturated rings. The van der Waals surface area contributed by atoms with E-state index in [-0.39, 0.29) is 11.7 Å². The van der Waals surface area contributed by atoms with Gasteiger partial charge in [0.25, 0.3) is 11.9 Å². The van der Waals surface area contributed by atoms with Crippen LogP contribution in [-0.4, -0.2) is 48.6 Å². The molecule has 0 aliphatic carbocycles. The molecular formula is C28H26ClF3N8O3. The number of ether oxygens (including phenoxy) is 2. The van der Waals surface area contributed by atoms with E-state index in [9.17, 15) is 18.0 Å². The third-order valence-electron chi connectivity index (χ3n) is 6.27. The molecule has 2 heterocycles. The molecule has 0 radical (unpaired) electrons. The van der Waals surface area contributed by atoms with Crippen molar-refractivity contribution in [3.63, 3.8) is 0 Å². The van der Waals surface area contributed by atoms with Crippen LogP contribution >= 0.6 is 11.6 Å². The van der Waals surface area contributed by atoms with Gasteiger partial charge in [-0.2, -0.15) is 5.21 Å². The smallest absolute Gasteiger partial charge is 0.491 e. The number of benzene rings is 3. The zero-order valence-corrected chi connectivity index (χ0v) is 23.8. The predicted octanol–water partition coefficient (Wildman–Crippen LogP) is 5.85. The van der Waals surface area contributed by atoms with E-state index in [1.165, 1.54) is 24.3 Å². The average molecular weight is 615 g/mol. The Kier molecular flexibility index (Phi) is 8.66. The molecule has 0 bridgehead atoms. The normalized spacial score (nSPS) is 12.1. The van der Waals surface area contributed by atoms with Crippen LogP contribution in [0.25, 0.3) is 11.0 Å². The van der Waals surface area contributed by atoms with Crippen LogP contribution in [0.3, 0.4) is 0 Å². The van der Waals surface area contributed by atoms with Crippen LogP contribution in [0.5, 0.6) is 11.5 Å². The quantitative estimate of drug-likeness (QED) is 0.203. The lowest BCUT2D eigenvalue weighted by molar-refractivity contribution is -0.274. The number of hydrogen-bond acceptors (Lipinski definition) is 7. The molecule has 3 aromatic carbocycles. The summed E-state index contributed by atoms with van der Waals surface area (Å²) in [4.78, 5) is 17.4. The molecule has 0 aliphatic rings. The van der Waals surface area contributed by atoms with E-state index < -0.39 is 12.3 Å². The fraction of sp³-hybridized carbons (Fsp3) is 0.250. The predicted molar refractivity (Wildman–Crippen MR) is 152 cm³/mol. The zero-order chi connectivity index (χ0) is 30.6. The average Bonchev–Trinajstić information content (AvgIpc) is 3.58. The third kappa shape index (κ3) is 6.97. The van der Waals surface area contributed by atoms with Gasteiger partial charge in [0.2, 0.25) is 5.62 Å². The fourth-order valence-electron chi connectivity index (χ4n) is 4.46. The summed E-state index contributed by atoms with van der Waals surface area (Å²) in [7, 11) is 0. The lowest BCUT2D eigenvalue weighted by atomic mass is 10.1. The number of carbonyl (C=O) groups excluding carboxylic acids is 1. The SMILES string of the molecule is CCCOc1cc(Cl)cc2c1n(CC)c(=Nc1ccc(OC(F)(F)F)cc1)n2Cc1ccc(C(=O)Nc2nn[nH]n2)cc1. The van der Waals surface area contributed by atoms with Crippen LogP contribution in [0.1, 0.15) is 36.2 Å². The maximum Gasteiger partial charge on any atom is 0.573 e. The molecule has 0 unspecified atom stereocenters. The second kappa shape index (κ2) is 12.6. The van der Waals surface area contributed by atoms with Crippen molar-refractivity contribution in [1.82, 2.24) is 29.8 Å². The first-order valence-electron chi connectivity index (χ1n) is 13.2. The number of alkyl halides is 3. The highest BCUT2D eigenvalue weighted by molar-refractivity contribution is 6.31. The zero-order valence-electron chi connectivity index (χ0n) is 23.0. The van der Waals surface area contributed by atoms with Gasteiger partial charge in [0, 0.05) is 23.2 Å². The third-order valence-corrected chi connectivity index (χ3v) is 6.49. The minimum atomic E-state index is -4.80. The van der Waals surface area contributed by atoms with Crippen molar-refractivity contribution < 1.29 is 27.4 Å². The van der Waals surface area contributed by atoms with Crippen LogP contribution in [-0.2, 0) is 13.1 Å². The van der Waals surface area contributed by atoms with E-state index >= 15 is 0 Å². The van der Waals surface area contributed by atoms with Crippen molar-refractivity contribution in [3.05, 3.63) is 82.4 Å². The molecule has 224 valence electrons. The minimum absolute atomic E-state index is 0.0548. The van der Waals surface area contributed by atoms with E-state index in [1.54, 1.807) is 30.3 Å². The lowest BCUT2D eigenvalue weighted by Gasteiger charge is -2.10. The molecule has 5 rings (SSSR count). The Labute approximate surface area is 247 Å². The Balaban J connectivity index is 1.58. The Morgan fingerprint density at radius 3 is 2.44 bits per heavy atom. The fourth-order valence-corrected chi connectivity index (χ4v) is 4.66. The van der Waals surface area contributed by atoms with Crippen molar-refractivity contribution in [1.29, 1.82) is 0 Å². The van der Waals surface area contributed by atoms with Gasteiger partial charge in [0.05, 0.1) is 24.4 Å². The first-order valence-corrected chi connectivity index (χ1v) is 13.6. The summed E-state index contributed by atoms with van der Waals surface area (Å²) in [6.45, 7) is 5.28. The van der Waals surface area contributed by atoms with Crippen molar-refractivity contribution in [2.24, 2.45) is 4.99 Å². The van der Waals surface area contributed by atoms with Gasteiger partial charge in [0.1, 0.15) is 17.0 Å². The van der Waals surface area contributed by atoms with Gasteiger partial charge >= 0.3 is 6.36 Å². The summed E-state index contributed by atoms with van der Waals surface area (Å²) >= 11 is 6.53. The van der Waals surface area contributed by atoms with Gasteiger partial charge in [-0.15, -0.1) is 18.3 Å². The van der Waals surface area contributed by atoms with E-state index in [1.807, 2.05) is 29.0 Å². The first-order chi connectivity index (χ1) is 20.6. The molecular weight excluding hydrogens is 589 g/mol. The number of imidazole rings is 1. The van der Waals surface area contributed by atoms with E-state index in [0.29, 0.717) is 47.3 Å². The number of aromatic amines is 1. The van der Waals surface area contributed by atoms with Gasteiger partial charge in [-0.05, 0) is 66.6 Å². The number of nitrogens with zero attached hydrogens (tertiary/aromatic N) is 6. The van der Waals surface area contributed by atoms with Crippen LogP contribution in [0, 0.1) is 0 Å². The van der Waals surface area contributed by atoms with Gasteiger partial charge < -0.3 is 18.6 Å². The summed E-state index contributed by atoms with van der Waals surface area (Å²) in [5, 5.41) is 16.1. The number of nitrogens with one attached hydrogen (secondary N) is 2. The molecule has 15 heteroatoms. The van der Waals surface area contributed by atoms with Crippen LogP contribution in [0.15, 0.2) is 65.7 Å². The molecule has 1 amide bonds. The topological polar surface area (TPSA) is 124 Å². The van der Waals surface area contributed by atoms with E-state index in [0.717, 1.165) is 23.0 Å². The number of carbonyl (C=O) groups is 1. The molecule has 0 spiro atoms. The molecule has 5 aromatic rings. The highest BCUT2D eigenvalue weighted by Crippen LogP contribution is 2.31. The van der Waals surface area contributed by atoms with Crippen molar-refractivity contribution in [2.75, 3.05) is 11.9 Å². The van der Waals surface area contributed by atoms with Gasteiger partial charge in [-0.1, -0.05) is 35.8 Å². The number of H-pyrrole nitrogens is 1. The number of hydrogen-bond donors (Lipinski definition) is 2. The number of aryl methyl sites for hydroxylation is 1. The second-order valence-electron chi connectivity index (χ2n) is 9.29. The highest BCUT2D eigenvalue weighted by Gasteiger charge is 2.31. The summed E-state index contributed by atoms with van der Waals surface area (Å²) in [6, 6.07) is 15.8. The summed E-state index contributed by atoms with van der Waals surface area (Å²) in [5.74, 6) is -0.106. The Bertz CT molecular complexity index is 1780. The number of tetrazole rings is 1. The van der Waals surface area contributed by atoms with Crippen molar-refractivity contribution in [2.45, 2.75) is 39.7 Å². The Morgan fingerprint density at radius 1 is 1.07 bits per heavy atom. The number of rotatable bonds is 10. The molecule has 0 aliphatic heterocycles. The second-order valence-corrected chi connectivity index (χ2v) is 9.73. The molecule has 0 saturated carbocycles. The Morgan fingerprint density at radius 2 is 1.81 bits per heavy atom. The van der Waals surface area contributed by atoms with Crippen molar-refractivity contribution in [3.8, 4) is 11.5 Å². The lowest BCUT2D eigenvalue weighted by Crippen LogP contribution is -2.26. The molecule has 2 aromatic heterocycles. The number of amides is 1. The summed E-state index contributed by atoms with van der Waals surface area (Å²) < 4.78 is 52.0. The molecule has 0 saturated heterocycles. The number of fused-ring (bicyclic) bond motifs is 1. The number of halogens is 4. The van der Waals surface area contributed by atoms with Crippen molar-refractivity contribution >= 4 is 40.2 Å². The molecule has 11 nitrogen and oxygen atoms in total. The molecule has 2 N–H and O–H groups in total. The summed E-state index contributed by atoms with van der Waals surface area (Å²) in [6.07, 6.45) is -4.01. The van der Waals surface area contributed by atoms with Gasteiger partial charge in [-0.25, -0.2) is 4.99 Å². The largest absolute Gasteiger partial charge is 0.573 e. The maximum absolute atomic E-state index is 12.7. The van der Waals surface area contributed by atoms with Crippen LogP contribution in [0.4, 0.5) is 24.8 Å². The van der Waals surface area contributed by atoms with Gasteiger partial charge in [-0.3, -0.25) is 10.1 Å². The number of aromatic nitrogens is 6. The maximum atomic E-state index is 12.7. The monoisotopic (exact) mass is 614 g/mol. The van der Waals surface area contributed by atoms with Gasteiger partial charge in [0.15, 0.2) is 0 Å². The Hall–Kier alpha value is -4.85. The van der Waals surface area contributed by atoms with Crippen LogP contribution < -0.4 is 20.4 Å². The van der Waals surface area contributed by atoms with E-state index in [2.05, 4.69) is 30.7 Å². The molecule has 0 atom stereocenters. The number of anilines is 1. The first kappa shape index (κ1) is 29.6. The standard InChI is InChI=1S/C28H26ClF3N8O3/c1-3-13-42-23-15-19(29)14-22-24(23)39(4-2)27(33-20-9-11-21(12-10-20)43-28(30,31)32)40(22)16-17-5-7-18(8-6-17)25(41)34-26-35-37-38-36-26/h5-12,14-15H,3-4,13,16H2,1-2H3,(H2,34,35,36,37,38,41). The highest BCUT2D eigenvalue weighted by atomic mass is 35.5.